The van der Waals surface area contributed by atoms with Gasteiger partial charge in [-0.15, -0.1) is 0 Å². The molecular formula is C13H22N2O. The van der Waals surface area contributed by atoms with Crippen LogP contribution < -0.4 is 11.1 Å². The first-order valence-electron chi connectivity index (χ1n) is 6.33. The third-order valence-corrected chi connectivity index (χ3v) is 3.66. The lowest BCUT2D eigenvalue weighted by Crippen LogP contribution is -2.34. The Bertz CT molecular complexity index is 284. The van der Waals surface area contributed by atoms with Gasteiger partial charge in [0.05, 0.1) is 12.8 Å². The van der Waals surface area contributed by atoms with Crippen LogP contribution in [0, 0.1) is 11.8 Å². The van der Waals surface area contributed by atoms with Crippen LogP contribution in [-0.4, -0.2) is 13.1 Å². The van der Waals surface area contributed by atoms with E-state index in [1.54, 1.807) is 6.26 Å². The molecule has 3 nitrogen and oxygen atoms in total. The summed E-state index contributed by atoms with van der Waals surface area (Å²) < 4.78 is 5.29. The summed E-state index contributed by atoms with van der Waals surface area (Å²) in [5, 5.41) is 3.47. The van der Waals surface area contributed by atoms with Gasteiger partial charge >= 0.3 is 0 Å². The van der Waals surface area contributed by atoms with Crippen molar-refractivity contribution in [3.63, 3.8) is 0 Å². The second kappa shape index (κ2) is 6.06. The number of furan rings is 1. The highest BCUT2D eigenvalue weighted by Gasteiger charge is 2.23. The fourth-order valence-electron chi connectivity index (χ4n) is 2.66. The summed E-state index contributed by atoms with van der Waals surface area (Å²) in [6.45, 7) is 2.75. The Hall–Kier alpha value is -0.800. The molecular weight excluding hydrogens is 200 g/mol. The zero-order valence-corrected chi connectivity index (χ0v) is 9.82. The van der Waals surface area contributed by atoms with Crippen molar-refractivity contribution in [3.05, 3.63) is 24.2 Å². The lowest BCUT2D eigenvalue weighted by atomic mass is 9.79. The summed E-state index contributed by atoms with van der Waals surface area (Å²) in [6, 6.07) is 3.94. The maximum atomic E-state index is 5.81. The molecule has 16 heavy (non-hydrogen) atoms. The Kier molecular flexibility index (Phi) is 4.43. The second-order valence-electron chi connectivity index (χ2n) is 4.75. The highest BCUT2D eigenvalue weighted by molar-refractivity contribution is 4.97. The summed E-state index contributed by atoms with van der Waals surface area (Å²) in [7, 11) is 0. The highest BCUT2D eigenvalue weighted by Crippen LogP contribution is 2.28. The minimum atomic E-state index is 0.720. The minimum absolute atomic E-state index is 0.720. The van der Waals surface area contributed by atoms with Crippen molar-refractivity contribution in [2.75, 3.05) is 13.1 Å². The first-order valence-corrected chi connectivity index (χ1v) is 6.33. The Morgan fingerprint density at radius 3 is 2.81 bits per heavy atom. The lowest BCUT2D eigenvalue weighted by Gasteiger charge is -2.30. The van der Waals surface area contributed by atoms with Crippen molar-refractivity contribution in [2.45, 2.75) is 32.2 Å². The fraction of sp³-hybridized carbons (Fsp3) is 0.692. The second-order valence-corrected chi connectivity index (χ2v) is 4.75. The zero-order chi connectivity index (χ0) is 11.2. The quantitative estimate of drug-likeness (QED) is 0.802. The molecule has 0 aromatic carbocycles. The molecule has 0 spiro atoms. The van der Waals surface area contributed by atoms with Gasteiger partial charge in [0.15, 0.2) is 0 Å². The van der Waals surface area contributed by atoms with Crippen LogP contribution in [-0.2, 0) is 6.54 Å². The van der Waals surface area contributed by atoms with Crippen molar-refractivity contribution in [3.8, 4) is 0 Å². The molecule has 1 heterocycles. The van der Waals surface area contributed by atoms with E-state index in [1.165, 1.54) is 25.7 Å². The topological polar surface area (TPSA) is 51.2 Å². The van der Waals surface area contributed by atoms with Crippen molar-refractivity contribution in [1.82, 2.24) is 5.32 Å². The average Bonchev–Trinajstić information content (AvgIpc) is 2.83. The lowest BCUT2D eigenvalue weighted by molar-refractivity contribution is 0.234. The van der Waals surface area contributed by atoms with Gasteiger partial charge in [-0.1, -0.05) is 12.8 Å². The predicted octanol–water partition coefficient (Wildman–Crippen LogP) is 2.13. The standard InChI is InChI=1S/C13H22N2O/c14-8-11-4-1-2-5-12(11)9-15-10-13-6-3-7-16-13/h3,6-7,11-12,15H,1-2,4-5,8-10,14H2. The smallest absolute Gasteiger partial charge is 0.117 e. The summed E-state index contributed by atoms with van der Waals surface area (Å²) in [4.78, 5) is 0. The molecule has 1 saturated carbocycles. The normalized spacial score (nSPS) is 25.8. The fourth-order valence-corrected chi connectivity index (χ4v) is 2.66. The molecule has 3 N–H and O–H groups in total. The third-order valence-electron chi connectivity index (χ3n) is 3.66. The van der Waals surface area contributed by atoms with Crippen LogP contribution in [0.15, 0.2) is 22.8 Å². The Balaban J connectivity index is 1.71. The van der Waals surface area contributed by atoms with Crippen LogP contribution in [0.1, 0.15) is 31.4 Å². The maximum Gasteiger partial charge on any atom is 0.117 e. The predicted molar refractivity (Wildman–Crippen MR) is 64.9 cm³/mol. The number of rotatable bonds is 5. The van der Waals surface area contributed by atoms with Crippen molar-refractivity contribution in [2.24, 2.45) is 17.6 Å². The first kappa shape index (κ1) is 11.7. The minimum Gasteiger partial charge on any atom is -0.468 e. The van der Waals surface area contributed by atoms with Crippen molar-refractivity contribution < 1.29 is 4.42 Å². The molecule has 1 aromatic heterocycles. The molecule has 1 fully saturated rings. The molecule has 1 aliphatic rings. The first-order chi connectivity index (χ1) is 7.90. The van der Waals surface area contributed by atoms with Gasteiger partial charge in [-0.2, -0.15) is 0 Å². The van der Waals surface area contributed by atoms with E-state index in [0.29, 0.717) is 0 Å². The van der Waals surface area contributed by atoms with Gasteiger partial charge in [-0.3, -0.25) is 0 Å². The van der Waals surface area contributed by atoms with E-state index < -0.39 is 0 Å². The Morgan fingerprint density at radius 2 is 2.12 bits per heavy atom. The van der Waals surface area contributed by atoms with E-state index in [-0.39, 0.29) is 0 Å². The molecule has 0 aliphatic heterocycles. The van der Waals surface area contributed by atoms with Gasteiger partial charge in [0.25, 0.3) is 0 Å². The third kappa shape index (κ3) is 3.09. The van der Waals surface area contributed by atoms with Gasteiger partial charge < -0.3 is 15.5 Å². The summed E-state index contributed by atoms with van der Waals surface area (Å²) in [5.74, 6) is 2.49. The molecule has 2 atom stereocenters. The Morgan fingerprint density at radius 1 is 1.31 bits per heavy atom. The van der Waals surface area contributed by atoms with E-state index in [9.17, 15) is 0 Å². The van der Waals surface area contributed by atoms with E-state index >= 15 is 0 Å². The molecule has 0 saturated heterocycles. The molecule has 0 radical (unpaired) electrons. The van der Waals surface area contributed by atoms with Crippen molar-refractivity contribution in [1.29, 1.82) is 0 Å². The van der Waals surface area contributed by atoms with Crippen LogP contribution in [0.5, 0.6) is 0 Å². The largest absolute Gasteiger partial charge is 0.468 e. The van der Waals surface area contributed by atoms with Crippen LogP contribution >= 0.6 is 0 Å². The van der Waals surface area contributed by atoms with Crippen molar-refractivity contribution >= 4 is 0 Å². The summed E-state index contributed by atoms with van der Waals surface area (Å²) in [6.07, 6.45) is 7.08. The van der Waals surface area contributed by atoms with E-state index in [2.05, 4.69) is 5.32 Å². The number of hydrogen-bond acceptors (Lipinski definition) is 3. The molecule has 2 unspecified atom stereocenters. The highest BCUT2D eigenvalue weighted by atomic mass is 16.3. The Labute approximate surface area is 97.4 Å². The molecule has 1 aliphatic carbocycles. The van der Waals surface area contributed by atoms with Crippen LogP contribution in [0.2, 0.25) is 0 Å². The van der Waals surface area contributed by atoms with E-state index in [1.807, 2.05) is 12.1 Å². The van der Waals surface area contributed by atoms with Crippen LogP contribution in [0.4, 0.5) is 0 Å². The van der Waals surface area contributed by atoms with Gasteiger partial charge in [0.2, 0.25) is 0 Å². The summed E-state index contributed by atoms with van der Waals surface area (Å²) >= 11 is 0. The van der Waals surface area contributed by atoms with Gasteiger partial charge in [-0.05, 0) is 49.9 Å². The maximum absolute atomic E-state index is 5.81. The number of hydrogen-bond donors (Lipinski definition) is 2. The molecule has 0 amide bonds. The molecule has 0 bridgehead atoms. The number of nitrogens with one attached hydrogen (secondary N) is 1. The van der Waals surface area contributed by atoms with E-state index in [0.717, 1.165) is 37.2 Å². The van der Waals surface area contributed by atoms with Crippen LogP contribution in [0.25, 0.3) is 0 Å². The SMILES string of the molecule is NCC1CCCCC1CNCc1ccco1. The molecule has 90 valence electrons. The average molecular weight is 222 g/mol. The van der Waals surface area contributed by atoms with Gasteiger partial charge in [0, 0.05) is 0 Å². The van der Waals surface area contributed by atoms with Gasteiger partial charge in [-0.25, -0.2) is 0 Å². The molecule has 2 rings (SSSR count). The van der Waals surface area contributed by atoms with Crippen LogP contribution in [0.3, 0.4) is 0 Å². The molecule has 3 heteroatoms. The summed E-state index contributed by atoms with van der Waals surface area (Å²) in [5.41, 5.74) is 5.81. The molecule has 1 aromatic rings. The zero-order valence-electron chi connectivity index (χ0n) is 9.82. The number of nitrogens with two attached hydrogens (primary N) is 1. The van der Waals surface area contributed by atoms with E-state index in [4.69, 9.17) is 10.2 Å². The van der Waals surface area contributed by atoms with Gasteiger partial charge in [0.1, 0.15) is 5.76 Å². The monoisotopic (exact) mass is 222 g/mol.